The number of benzene rings is 2. The molecule has 1 atom stereocenters. The Morgan fingerprint density at radius 1 is 1.12 bits per heavy atom. The van der Waals surface area contributed by atoms with E-state index in [-0.39, 0.29) is 12.6 Å². The molecule has 0 fully saturated rings. The maximum Gasteiger partial charge on any atom is 0.338 e. The number of halogens is 1. The van der Waals surface area contributed by atoms with E-state index in [0.717, 1.165) is 5.56 Å². The van der Waals surface area contributed by atoms with E-state index in [1.807, 2.05) is 32.0 Å². The van der Waals surface area contributed by atoms with Gasteiger partial charge in [-0.1, -0.05) is 29.8 Å². The van der Waals surface area contributed by atoms with E-state index in [2.05, 4.69) is 5.32 Å². The van der Waals surface area contributed by atoms with E-state index >= 15 is 0 Å². The van der Waals surface area contributed by atoms with Crippen molar-refractivity contribution in [1.29, 1.82) is 0 Å². The molecule has 132 valence electrons. The van der Waals surface area contributed by atoms with Crippen molar-refractivity contribution in [1.82, 2.24) is 5.32 Å². The van der Waals surface area contributed by atoms with Crippen LogP contribution in [0.5, 0.6) is 5.75 Å². The van der Waals surface area contributed by atoms with Crippen LogP contribution in [0.15, 0.2) is 48.5 Å². The third-order valence-corrected chi connectivity index (χ3v) is 3.83. The summed E-state index contributed by atoms with van der Waals surface area (Å²) in [7, 11) is 0. The third-order valence-electron chi connectivity index (χ3n) is 3.48. The fourth-order valence-electron chi connectivity index (χ4n) is 2.26. The van der Waals surface area contributed by atoms with Crippen molar-refractivity contribution in [2.75, 3.05) is 13.2 Å². The van der Waals surface area contributed by atoms with Crippen molar-refractivity contribution in [2.45, 2.75) is 19.9 Å². The second kappa shape index (κ2) is 9.08. The second-order valence-electron chi connectivity index (χ2n) is 5.34. The van der Waals surface area contributed by atoms with Gasteiger partial charge in [0.2, 0.25) is 0 Å². The predicted octanol–water partition coefficient (Wildman–Crippen LogP) is 3.77. The summed E-state index contributed by atoms with van der Waals surface area (Å²) in [5.74, 6) is -0.291. The smallest absolute Gasteiger partial charge is 0.338 e. The summed E-state index contributed by atoms with van der Waals surface area (Å²) >= 11 is 6.10. The topological polar surface area (TPSA) is 64.6 Å². The van der Waals surface area contributed by atoms with Gasteiger partial charge in [-0.2, -0.15) is 0 Å². The van der Waals surface area contributed by atoms with Gasteiger partial charge in [0.25, 0.3) is 5.91 Å². The lowest BCUT2D eigenvalue weighted by atomic mass is 10.1. The number of carbonyl (C=O) groups is 2. The van der Waals surface area contributed by atoms with E-state index in [9.17, 15) is 9.59 Å². The number of esters is 1. The number of hydrogen-bond donors (Lipinski definition) is 1. The number of ether oxygens (including phenoxy) is 2. The molecule has 0 aliphatic rings. The Morgan fingerprint density at radius 3 is 2.44 bits per heavy atom. The Kier molecular flexibility index (Phi) is 6.83. The summed E-state index contributed by atoms with van der Waals surface area (Å²) in [6.07, 6.45) is 0. The van der Waals surface area contributed by atoms with Gasteiger partial charge in [-0.05, 0) is 49.7 Å². The van der Waals surface area contributed by atoms with Gasteiger partial charge in [0.05, 0.1) is 18.2 Å². The molecule has 2 aromatic carbocycles. The monoisotopic (exact) mass is 361 g/mol. The first kappa shape index (κ1) is 18.8. The Bertz CT molecular complexity index is 730. The van der Waals surface area contributed by atoms with Gasteiger partial charge >= 0.3 is 5.97 Å². The molecule has 0 saturated heterocycles. The molecule has 25 heavy (non-hydrogen) atoms. The quantitative estimate of drug-likeness (QED) is 0.762. The lowest BCUT2D eigenvalue weighted by molar-refractivity contribution is -0.124. The maximum atomic E-state index is 12.0. The fraction of sp³-hybridized carbons (Fsp3) is 0.263. The highest BCUT2D eigenvalue weighted by Gasteiger charge is 2.14. The molecular weight excluding hydrogens is 342 g/mol. The standard InChI is InChI=1S/C19H20ClNO4/c1-3-24-15-10-8-14(9-11-15)19(23)25-12-18(22)21-13(2)16-6-4-5-7-17(16)20/h4-11,13H,3,12H2,1-2H3,(H,21,22)/t13-/m0/s1. The van der Waals surface area contributed by atoms with Crippen LogP contribution in [0.25, 0.3) is 0 Å². The van der Waals surface area contributed by atoms with Crippen LogP contribution in [0.4, 0.5) is 0 Å². The number of carbonyl (C=O) groups excluding carboxylic acids is 2. The minimum Gasteiger partial charge on any atom is -0.494 e. The van der Waals surface area contributed by atoms with Gasteiger partial charge in [0, 0.05) is 5.02 Å². The van der Waals surface area contributed by atoms with Gasteiger partial charge in [0.15, 0.2) is 6.61 Å². The lowest BCUT2D eigenvalue weighted by Crippen LogP contribution is -2.31. The average Bonchev–Trinajstić information content (AvgIpc) is 2.61. The van der Waals surface area contributed by atoms with Crippen LogP contribution in [0.3, 0.4) is 0 Å². The van der Waals surface area contributed by atoms with Crippen LogP contribution in [0, 0.1) is 0 Å². The molecule has 0 heterocycles. The molecule has 6 heteroatoms. The minimum absolute atomic E-state index is 0.287. The van der Waals surface area contributed by atoms with Crippen LogP contribution in [0.1, 0.15) is 35.8 Å². The molecule has 2 rings (SSSR count). The van der Waals surface area contributed by atoms with Gasteiger partial charge < -0.3 is 14.8 Å². The zero-order chi connectivity index (χ0) is 18.2. The largest absolute Gasteiger partial charge is 0.494 e. The van der Waals surface area contributed by atoms with Crippen molar-refractivity contribution in [2.24, 2.45) is 0 Å². The summed E-state index contributed by atoms with van der Waals surface area (Å²) in [6.45, 7) is 3.88. The van der Waals surface area contributed by atoms with Gasteiger partial charge in [-0.15, -0.1) is 0 Å². The van der Waals surface area contributed by atoms with E-state index < -0.39 is 11.9 Å². The van der Waals surface area contributed by atoms with Crippen molar-refractivity contribution in [3.63, 3.8) is 0 Å². The first-order valence-corrected chi connectivity index (χ1v) is 8.32. The van der Waals surface area contributed by atoms with Crippen LogP contribution in [0.2, 0.25) is 5.02 Å². The molecule has 0 aliphatic carbocycles. The molecule has 0 radical (unpaired) electrons. The lowest BCUT2D eigenvalue weighted by Gasteiger charge is -2.15. The number of rotatable bonds is 7. The minimum atomic E-state index is -0.566. The van der Waals surface area contributed by atoms with Crippen molar-refractivity contribution < 1.29 is 19.1 Å². The van der Waals surface area contributed by atoms with E-state index in [1.165, 1.54) is 0 Å². The highest BCUT2D eigenvalue weighted by molar-refractivity contribution is 6.31. The molecular formula is C19H20ClNO4. The third kappa shape index (κ3) is 5.50. The summed E-state index contributed by atoms with van der Waals surface area (Å²) in [6, 6.07) is 13.5. The van der Waals surface area contributed by atoms with Crippen LogP contribution < -0.4 is 10.1 Å². The zero-order valence-corrected chi connectivity index (χ0v) is 14.9. The molecule has 5 nitrogen and oxygen atoms in total. The molecule has 0 aliphatic heterocycles. The fourth-order valence-corrected chi connectivity index (χ4v) is 2.55. The Balaban J connectivity index is 1.84. The molecule has 0 bridgehead atoms. The van der Waals surface area contributed by atoms with Crippen LogP contribution >= 0.6 is 11.6 Å². The first-order chi connectivity index (χ1) is 12.0. The molecule has 1 amide bonds. The number of nitrogens with one attached hydrogen (secondary N) is 1. The predicted molar refractivity (Wildman–Crippen MR) is 95.9 cm³/mol. The Morgan fingerprint density at radius 2 is 1.80 bits per heavy atom. The van der Waals surface area contributed by atoms with Crippen molar-refractivity contribution >= 4 is 23.5 Å². The van der Waals surface area contributed by atoms with E-state index in [4.69, 9.17) is 21.1 Å². The molecule has 0 spiro atoms. The van der Waals surface area contributed by atoms with E-state index in [0.29, 0.717) is 22.9 Å². The molecule has 2 aromatic rings. The summed E-state index contributed by atoms with van der Waals surface area (Å²) in [4.78, 5) is 23.9. The molecule has 0 saturated carbocycles. The average molecular weight is 362 g/mol. The molecule has 0 unspecified atom stereocenters. The normalized spacial score (nSPS) is 11.5. The van der Waals surface area contributed by atoms with Crippen LogP contribution in [-0.2, 0) is 9.53 Å². The summed E-state index contributed by atoms with van der Waals surface area (Å²) in [5, 5.41) is 3.32. The summed E-state index contributed by atoms with van der Waals surface area (Å²) in [5.41, 5.74) is 1.16. The highest BCUT2D eigenvalue weighted by atomic mass is 35.5. The first-order valence-electron chi connectivity index (χ1n) is 7.95. The summed E-state index contributed by atoms with van der Waals surface area (Å²) < 4.78 is 10.3. The van der Waals surface area contributed by atoms with Crippen molar-refractivity contribution in [3.05, 3.63) is 64.7 Å². The van der Waals surface area contributed by atoms with Gasteiger partial charge in [-0.25, -0.2) is 4.79 Å². The Labute approximate surface area is 151 Å². The van der Waals surface area contributed by atoms with E-state index in [1.54, 1.807) is 30.3 Å². The Hall–Kier alpha value is -2.53. The maximum absolute atomic E-state index is 12.0. The molecule has 1 N–H and O–H groups in total. The molecule has 0 aromatic heterocycles. The van der Waals surface area contributed by atoms with Crippen molar-refractivity contribution in [3.8, 4) is 5.75 Å². The number of amides is 1. The van der Waals surface area contributed by atoms with Gasteiger partial charge in [0.1, 0.15) is 5.75 Å². The van der Waals surface area contributed by atoms with Crippen LogP contribution in [-0.4, -0.2) is 25.1 Å². The highest BCUT2D eigenvalue weighted by Crippen LogP contribution is 2.22. The number of hydrogen-bond acceptors (Lipinski definition) is 4. The van der Waals surface area contributed by atoms with Gasteiger partial charge in [-0.3, -0.25) is 4.79 Å². The second-order valence-corrected chi connectivity index (χ2v) is 5.75. The zero-order valence-electron chi connectivity index (χ0n) is 14.1. The SMILES string of the molecule is CCOc1ccc(C(=O)OCC(=O)N[C@@H](C)c2ccccc2Cl)cc1.